The number of amides is 1. The Balaban J connectivity index is 1.78. The van der Waals surface area contributed by atoms with Crippen LogP contribution < -0.4 is 0 Å². The van der Waals surface area contributed by atoms with E-state index >= 15 is 0 Å². The molecule has 0 aliphatic carbocycles. The number of benzene rings is 1. The van der Waals surface area contributed by atoms with Gasteiger partial charge in [-0.15, -0.1) is 0 Å². The van der Waals surface area contributed by atoms with Crippen molar-refractivity contribution in [2.45, 2.75) is 13.5 Å². The zero-order chi connectivity index (χ0) is 19.7. The van der Waals surface area contributed by atoms with E-state index in [0.717, 1.165) is 16.7 Å². The Bertz CT molecular complexity index is 1160. The van der Waals surface area contributed by atoms with Crippen LogP contribution >= 0.6 is 0 Å². The highest BCUT2D eigenvalue weighted by atomic mass is 19.1. The number of hydrogen-bond donors (Lipinski definition) is 1. The van der Waals surface area contributed by atoms with Gasteiger partial charge in [-0.1, -0.05) is 0 Å². The van der Waals surface area contributed by atoms with Gasteiger partial charge >= 0.3 is 0 Å². The highest BCUT2D eigenvalue weighted by molar-refractivity contribution is 6.07. The first-order chi connectivity index (χ1) is 13.5. The minimum atomic E-state index is -0.400. The molecule has 28 heavy (non-hydrogen) atoms. The summed E-state index contributed by atoms with van der Waals surface area (Å²) in [5.74, 6) is -0.566. The predicted molar refractivity (Wildman–Crippen MR) is 104 cm³/mol. The summed E-state index contributed by atoms with van der Waals surface area (Å²) in [4.78, 5) is 23.5. The standard InChI is InChI=1S/C21H18FN5O/c1-13-9-23-6-5-14(13)12-27(2)21(28)18-8-19(15-10-24-25-11-15)26-20-7-16(22)3-4-17(18)20/h3-11H,12H2,1-2H3,(H,24,25). The first-order valence-corrected chi connectivity index (χ1v) is 8.77. The summed E-state index contributed by atoms with van der Waals surface area (Å²) >= 11 is 0. The van der Waals surface area contributed by atoms with Gasteiger partial charge in [-0.3, -0.25) is 14.9 Å². The summed E-state index contributed by atoms with van der Waals surface area (Å²) in [6, 6.07) is 7.89. The van der Waals surface area contributed by atoms with Gasteiger partial charge in [-0.05, 0) is 42.3 Å². The molecule has 0 saturated carbocycles. The van der Waals surface area contributed by atoms with Gasteiger partial charge in [0.25, 0.3) is 5.91 Å². The predicted octanol–water partition coefficient (Wildman–Crippen LogP) is 3.74. The molecular formula is C21H18FN5O. The molecule has 140 valence electrons. The van der Waals surface area contributed by atoms with Crippen LogP contribution in [0.3, 0.4) is 0 Å². The van der Waals surface area contributed by atoms with E-state index < -0.39 is 5.82 Å². The van der Waals surface area contributed by atoms with Crippen molar-refractivity contribution in [3.8, 4) is 11.3 Å². The zero-order valence-corrected chi connectivity index (χ0v) is 15.5. The second-order valence-corrected chi connectivity index (χ2v) is 6.67. The maximum atomic E-state index is 13.8. The Hall–Kier alpha value is -3.61. The molecule has 1 N–H and O–H groups in total. The number of fused-ring (bicyclic) bond motifs is 1. The molecule has 3 aromatic heterocycles. The number of rotatable bonds is 4. The van der Waals surface area contributed by atoms with E-state index in [1.807, 2.05) is 13.0 Å². The lowest BCUT2D eigenvalue weighted by Gasteiger charge is -2.20. The molecule has 0 bridgehead atoms. The Kier molecular flexibility index (Phi) is 4.57. The molecule has 3 heterocycles. The van der Waals surface area contributed by atoms with Gasteiger partial charge in [0.1, 0.15) is 5.82 Å². The number of pyridine rings is 2. The van der Waals surface area contributed by atoms with Gasteiger partial charge in [0, 0.05) is 49.2 Å². The molecule has 7 heteroatoms. The second-order valence-electron chi connectivity index (χ2n) is 6.67. The van der Waals surface area contributed by atoms with E-state index in [0.29, 0.717) is 28.7 Å². The van der Waals surface area contributed by atoms with E-state index in [2.05, 4.69) is 20.2 Å². The quantitative estimate of drug-likeness (QED) is 0.590. The van der Waals surface area contributed by atoms with Gasteiger partial charge in [-0.2, -0.15) is 5.10 Å². The number of aryl methyl sites for hydroxylation is 1. The van der Waals surface area contributed by atoms with Crippen molar-refractivity contribution in [2.75, 3.05) is 7.05 Å². The topological polar surface area (TPSA) is 74.8 Å². The van der Waals surface area contributed by atoms with Crippen LogP contribution in [0.25, 0.3) is 22.2 Å². The molecule has 0 aliphatic rings. The van der Waals surface area contributed by atoms with Gasteiger partial charge in [0.15, 0.2) is 0 Å². The number of aromatic amines is 1. The fraction of sp³-hybridized carbons (Fsp3) is 0.143. The molecule has 0 saturated heterocycles. The third-order valence-corrected chi connectivity index (χ3v) is 4.69. The fourth-order valence-electron chi connectivity index (χ4n) is 3.13. The summed E-state index contributed by atoms with van der Waals surface area (Å²) in [6.07, 6.45) is 6.79. The van der Waals surface area contributed by atoms with Crippen LogP contribution in [-0.2, 0) is 6.54 Å². The number of hydrogen-bond acceptors (Lipinski definition) is 4. The van der Waals surface area contributed by atoms with Gasteiger partial charge in [0.05, 0.1) is 23.0 Å². The summed E-state index contributed by atoms with van der Waals surface area (Å²) < 4.78 is 13.8. The van der Waals surface area contributed by atoms with E-state index in [9.17, 15) is 9.18 Å². The summed E-state index contributed by atoms with van der Waals surface area (Å²) in [6.45, 7) is 2.40. The highest BCUT2D eigenvalue weighted by Gasteiger charge is 2.19. The number of carbonyl (C=O) groups is 1. The molecule has 0 spiro atoms. The van der Waals surface area contributed by atoms with Gasteiger partial charge in [-0.25, -0.2) is 9.37 Å². The summed E-state index contributed by atoms with van der Waals surface area (Å²) in [7, 11) is 1.75. The van der Waals surface area contributed by atoms with E-state index in [-0.39, 0.29) is 5.91 Å². The minimum Gasteiger partial charge on any atom is -0.337 e. The summed E-state index contributed by atoms with van der Waals surface area (Å²) in [5, 5.41) is 7.27. The lowest BCUT2D eigenvalue weighted by atomic mass is 10.0. The van der Waals surface area contributed by atoms with Crippen molar-refractivity contribution in [1.29, 1.82) is 0 Å². The SMILES string of the molecule is Cc1cnccc1CN(C)C(=O)c1cc(-c2cn[nH]c2)nc2cc(F)ccc12. The monoisotopic (exact) mass is 375 g/mol. The average molecular weight is 375 g/mol. The van der Waals surface area contributed by atoms with Crippen LogP contribution in [0.15, 0.2) is 55.1 Å². The lowest BCUT2D eigenvalue weighted by Crippen LogP contribution is -2.27. The Labute approximate surface area is 161 Å². The molecule has 6 nitrogen and oxygen atoms in total. The van der Waals surface area contributed by atoms with E-state index in [1.165, 1.54) is 12.1 Å². The van der Waals surface area contributed by atoms with Crippen molar-refractivity contribution >= 4 is 16.8 Å². The summed E-state index contributed by atoms with van der Waals surface area (Å²) in [5.41, 5.74) is 4.22. The normalized spacial score (nSPS) is 11.0. The van der Waals surface area contributed by atoms with Crippen molar-refractivity contribution in [3.05, 3.63) is 77.6 Å². The van der Waals surface area contributed by atoms with Crippen LogP contribution in [0.5, 0.6) is 0 Å². The Morgan fingerprint density at radius 1 is 1.21 bits per heavy atom. The number of H-pyrrole nitrogens is 1. The number of nitrogens with one attached hydrogen (secondary N) is 1. The maximum Gasteiger partial charge on any atom is 0.254 e. The lowest BCUT2D eigenvalue weighted by molar-refractivity contribution is 0.0787. The first-order valence-electron chi connectivity index (χ1n) is 8.77. The third kappa shape index (κ3) is 3.34. The average Bonchev–Trinajstić information content (AvgIpc) is 3.23. The molecule has 1 aromatic carbocycles. The van der Waals surface area contributed by atoms with Crippen LogP contribution in [0.2, 0.25) is 0 Å². The Morgan fingerprint density at radius 3 is 2.82 bits per heavy atom. The smallest absolute Gasteiger partial charge is 0.254 e. The van der Waals surface area contributed by atoms with Crippen molar-refractivity contribution in [2.24, 2.45) is 0 Å². The number of halogens is 1. The van der Waals surface area contributed by atoms with E-state index in [4.69, 9.17) is 0 Å². The van der Waals surface area contributed by atoms with Crippen molar-refractivity contribution in [3.63, 3.8) is 0 Å². The zero-order valence-electron chi connectivity index (χ0n) is 15.5. The van der Waals surface area contributed by atoms with Crippen LogP contribution in [0, 0.1) is 12.7 Å². The van der Waals surface area contributed by atoms with Crippen molar-refractivity contribution < 1.29 is 9.18 Å². The molecule has 0 unspecified atom stereocenters. The molecule has 0 atom stereocenters. The molecular weight excluding hydrogens is 357 g/mol. The minimum absolute atomic E-state index is 0.167. The van der Waals surface area contributed by atoms with Gasteiger partial charge < -0.3 is 4.90 Å². The second kappa shape index (κ2) is 7.19. The largest absolute Gasteiger partial charge is 0.337 e. The van der Waals surface area contributed by atoms with Crippen LogP contribution in [-0.4, -0.2) is 38.0 Å². The first kappa shape index (κ1) is 17.8. The molecule has 0 fully saturated rings. The number of carbonyl (C=O) groups excluding carboxylic acids is 1. The molecule has 4 rings (SSSR count). The number of nitrogens with zero attached hydrogens (tertiary/aromatic N) is 4. The molecule has 0 radical (unpaired) electrons. The fourth-order valence-corrected chi connectivity index (χ4v) is 3.13. The van der Waals surface area contributed by atoms with Crippen molar-refractivity contribution in [1.82, 2.24) is 25.1 Å². The highest BCUT2D eigenvalue weighted by Crippen LogP contribution is 2.26. The van der Waals surface area contributed by atoms with E-state index in [1.54, 1.807) is 48.9 Å². The Morgan fingerprint density at radius 2 is 2.07 bits per heavy atom. The molecule has 1 amide bonds. The third-order valence-electron chi connectivity index (χ3n) is 4.69. The van der Waals surface area contributed by atoms with Crippen LogP contribution in [0.1, 0.15) is 21.5 Å². The molecule has 4 aromatic rings. The van der Waals surface area contributed by atoms with Crippen LogP contribution in [0.4, 0.5) is 4.39 Å². The maximum absolute atomic E-state index is 13.8. The number of aromatic nitrogens is 4. The van der Waals surface area contributed by atoms with Gasteiger partial charge in [0.2, 0.25) is 0 Å². The molecule has 0 aliphatic heterocycles.